The number of hydrogen-bond donors (Lipinski definition) is 0. The molecular weight excluding hydrogens is 194 g/mol. The molecule has 2 nitrogen and oxygen atoms in total. The van der Waals surface area contributed by atoms with E-state index in [0.29, 0.717) is 17.9 Å². The molecule has 1 aliphatic heterocycles. The molecule has 1 saturated heterocycles. The summed E-state index contributed by atoms with van der Waals surface area (Å²) >= 11 is 1.73. The van der Waals surface area contributed by atoms with Crippen molar-refractivity contribution >= 4 is 17.7 Å². The van der Waals surface area contributed by atoms with Crippen LogP contribution >= 0.6 is 11.8 Å². The summed E-state index contributed by atoms with van der Waals surface area (Å²) in [6, 6.07) is 0.343. The maximum atomic E-state index is 12.2. The van der Waals surface area contributed by atoms with E-state index in [4.69, 9.17) is 0 Å². The Kier molecular flexibility index (Phi) is 3.51. The van der Waals surface area contributed by atoms with E-state index in [0.717, 1.165) is 13.0 Å². The molecular formula is C11H21NOS. The van der Waals surface area contributed by atoms with Crippen molar-refractivity contribution in [2.24, 2.45) is 5.92 Å². The molecule has 0 saturated carbocycles. The van der Waals surface area contributed by atoms with E-state index in [1.807, 2.05) is 4.90 Å². The predicted molar refractivity (Wildman–Crippen MR) is 62.6 cm³/mol. The summed E-state index contributed by atoms with van der Waals surface area (Å²) in [6.45, 7) is 9.41. The Morgan fingerprint density at radius 1 is 1.36 bits per heavy atom. The van der Waals surface area contributed by atoms with Gasteiger partial charge in [-0.2, -0.15) is 0 Å². The number of likely N-dealkylation sites (tertiary alicyclic amines) is 1. The molecule has 1 rings (SSSR count). The first-order chi connectivity index (χ1) is 6.45. The molecule has 0 radical (unpaired) electrons. The molecule has 0 N–H and O–H groups in total. The summed E-state index contributed by atoms with van der Waals surface area (Å²) in [5, 5.41) is 0. The first-order valence-corrected chi connectivity index (χ1v) is 6.54. The van der Waals surface area contributed by atoms with Gasteiger partial charge < -0.3 is 4.90 Å². The molecule has 3 heteroatoms. The van der Waals surface area contributed by atoms with Crippen molar-refractivity contribution in [1.29, 1.82) is 0 Å². The lowest BCUT2D eigenvalue weighted by Crippen LogP contribution is -2.43. The minimum Gasteiger partial charge on any atom is -0.339 e. The van der Waals surface area contributed by atoms with Crippen LogP contribution in [0.4, 0.5) is 0 Å². The Hall–Kier alpha value is -0.180. The van der Waals surface area contributed by atoms with E-state index >= 15 is 0 Å². The van der Waals surface area contributed by atoms with E-state index in [1.165, 1.54) is 0 Å². The standard InChI is InChI=1S/C11H21NOS/c1-8(2)11(14-5)6-7-12(9(3)4)10(11)13/h8-9H,6-7H2,1-5H3. The highest BCUT2D eigenvalue weighted by atomic mass is 32.2. The molecule has 0 bridgehead atoms. The first-order valence-electron chi connectivity index (χ1n) is 5.32. The fourth-order valence-corrected chi connectivity index (χ4v) is 3.25. The third-order valence-electron chi connectivity index (χ3n) is 3.27. The number of rotatable bonds is 3. The predicted octanol–water partition coefficient (Wildman–Crippen LogP) is 2.38. The molecule has 1 atom stereocenters. The third-order valence-corrected chi connectivity index (χ3v) is 4.85. The van der Waals surface area contributed by atoms with Gasteiger partial charge in [0.1, 0.15) is 0 Å². The molecule has 0 aliphatic carbocycles. The second-order valence-corrected chi connectivity index (χ2v) is 5.73. The highest BCUT2D eigenvalue weighted by Crippen LogP contribution is 2.41. The largest absolute Gasteiger partial charge is 0.339 e. The van der Waals surface area contributed by atoms with Crippen molar-refractivity contribution in [3.8, 4) is 0 Å². The fraction of sp³-hybridized carbons (Fsp3) is 0.909. The van der Waals surface area contributed by atoms with Gasteiger partial charge in [-0.25, -0.2) is 0 Å². The zero-order valence-electron chi connectivity index (χ0n) is 9.83. The van der Waals surface area contributed by atoms with Gasteiger partial charge in [-0.3, -0.25) is 4.79 Å². The molecule has 0 aromatic heterocycles. The van der Waals surface area contributed by atoms with Crippen molar-refractivity contribution in [3.05, 3.63) is 0 Å². The number of hydrogen-bond acceptors (Lipinski definition) is 2. The van der Waals surface area contributed by atoms with Crippen molar-refractivity contribution in [2.75, 3.05) is 12.8 Å². The maximum Gasteiger partial charge on any atom is 0.239 e. The Balaban J connectivity index is 2.89. The summed E-state index contributed by atoms with van der Waals surface area (Å²) in [7, 11) is 0. The Labute approximate surface area is 91.4 Å². The van der Waals surface area contributed by atoms with E-state index in [-0.39, 0.29) is 4.75 Å². The van der Waals surface area contributed by atoms with E-state index in [1.54, 1.807) is 11.8 Å². The van der Waals surface area contributed by atoms with Crippen LogP contribution in [0.5, 0.6) is 0 Å². The van der Waals surface area contributed by atoms with Gasteiger partial charge in [-0.15, -0.1) is 11.8 Å². The average molecular weight is 215 g/mol. The van der Waals surface area contributed by atoms with Crippen LogP contribution < -0.4 is 0 Å². The Morgan fingerprint density at radius 2 is 1.93 bits per heavy atom. The topological polar surface area (TPSA) is 20.3 Å². The lowest BCUT2D eigenvalue weighted by Gasteiger charge is -2.30. The van der Waals surface area contributed by atoms with E-state index in [9.17, 15) is 4.79 Å². The minimum absolute atomic E-state index is 0.149. The Morgan fingerprint density at radius 3 is 2.14 bits per heavy atom. The van der Waals surface area contributed by atoms with Gasteiger partial charge >= 0.3 is 0 Å². The van der Waals surface area contributed by atoms with Crippen LogP contribution in [-0.2, 0) is 4.79 Å². The highest BCUT2D eigenvalue weighted by Gasteiger charge is 2.48. The summed E-state index contributed by atoms with van der Waals surface area (Å²) in [5.74, 6) is 0.767. The quantitative estimate of drug-likeness (QED) is 0.720. The van der Waals surface area contributed by atoms with Crippen LogP contribution in [0.3, 0.4) is 0 Å². The SMILES string of the molecule is CSC1(C(C)C)CCN(C(C)C)C1=O. The van der Waals surface area contributed by atoms with Gasteiger partial charge in [0.05, 0.1) is 4.75 Å². The average Bonchev–Trinajstić information content (AvgIpc) is 2.43. The van der Waals surface area contributed by atoms with Crippen molar-refractivity contribution in [2.45, 2.75) is 44.9 Å². The van der Waals surface area contributed by atoms with Crippen LogP contribution in [-0.4, -0.2) is 34.4 Å². The fourth-order valence-electron chi connectivity index (χ4n) is 2.19. The molecule has 1 unspecified atom stereocenters. The van der Waals surface area contributed by atoms with Crippen molar-refractivity contribution in [3.63, 3.8) is 0 Å². The number of carbonyl (C=O) groups excluding carboxylic acids is 1. The van der Waals surface area contributed by atoms with E-state index < -0.39 is 0 Å². The van der Waals surface area contributed by atoms with Crippen LogP contribution in [0.15, 0.2) is 0 Å². The molecule has 0 aromatic rings. The van der Waals surface area contributed by atoms with Crippen molar-refractivity contribution < 1.29 is 4.79 Å². The summed E-state index contributed by atoms with van der Waals surface area (Å²) < 4.78 is -0.149. The molecule has 1 fully saturated rings. The first kappa shape index (κ1) is 11.9. The van der Waals surface area contributed by atoms with E-state index in [2.05, 4.69) is 34.0 Å². The zero-order chi connectivity index (χ0) is 10.9. The zero-order valence-corrected chi connectivity index (χ0v) is 10.6. The third kappa shape index (κ3) is 1.67. The highest BCUT2D eigenvalue weighted by molar-refractivity contribution is 8.00. The van der Waals surface area contributed by atoms with Crippen LogP contribution in [0.1, 0.15) is 34.1 Å². The molecule has 82 valence electrons. The number of carbonyl (C=O) groups is 1. The molecule has 14 heavy (non-hydrogen) atoms. The summed E-state index contributed by atoms with van der Waals surface area (Å²) in [5.41, 5.74) is 0. The number of nitrogens with zero attached hydrogens (tertiary/aromatic N) is 1. The van der Waals surface area contributed by atoms with Gasteiger partial charge in [-0.05, 0) is 32.4 Å². The monoisotopic (exact) mass is 215 g/mol. The minimum atomic E-state index is -0.149. The molecule has 0 spiro atoms. The lowest BCUT2D eigenvalue weighted by atomic mass is 9.93. The van der Waals surface area contributed by atoms with Crippen LogP contribution in [0, 0.1) is 5.92 Å². The summed E-state index contributed by atoms with van der Waals surface area (Å²) in [4.78, 5) is 14.3. The van der Waals surface area contributed by atoms with Crippen molar-refractivity contribution in [1.82, 2.24) is 4.90 Å². The Bertz CT molecular complexity index is 227. The second-order valence-electron chi connectivity index (χ2n) is 4.59. The molecule has 0 aromatic carbocycles. The lowest BCUT2D eigenvalue weighted by molar-refractivity contribution is -0.131. The van der Waals surface area contributed by atoms with Gasteiger partial charge in [0, 0.05) is 12.6 Å². The maximum absolute atomic E-state index is 12.2. The summed E-state index contributed by atoms with van der Waals surface area (Å²) in [6.07, 6.45) is 3.06. The van der Waals surface area contributed by atoms with Gasteiger partial charge in [0.25, 0.3) is 0 Å². The number of thioether (sulfide) groups is 1. The van der Waals surface area contributed by atoms with Gasteiger partial charge in [0.2, 0.25) is 5.91 Å². The van der Waals surface area contributed by atoms with Crippen LogP contribution in [0.25, 0.3) is 0 Å². The molecule has 1 amide bonds. The number of amides is 1. The normalized spacial score (nSPS) is 28.2. The van der Waals surface area contributed by atoms with Crippen LogP contribution in [0.2, 0.25) is 0 Å². The van der Waals surface area contributed by atoms with Gasteiger partial charge in [0.15, 0.2) is 0 Å². The van der Waals surface area contributed by atoms with Gasteiger partial charge in [-0.1, -0.05) is 13.8 Å². The molecule has 1 aliphatic rings. The molecule has 1 heterocycles. The smallest absolute Gasteiger partial charge is 0.239 e. The second kappa shape index (κ2) is 4.13.